The van der Waals surface area contributed by atoms with Gasteiger partial charge in [-0.3, -0.25) is 0 Å². The zero-order valence-electron chi connectivity index (χ0n) is 10.7. The standard InChI is InChI=1S/C13H18N2O2/c1-6-12(2,3)11-10(14-8-15-11)9-7-16-13(4,5)17-9/h1,8-9H,7H2,2-5H3,(H,14,15). The van der Waals surface area contributed by atoms with Gasteiger partial charge in [0, 0.05) is 0 Å². The van der Waals surface area contributed by atoms with Crippen molar-refractivity contribution in [2.24, 2.45) is 0 Å². The van der Waals surface area contributed by atoms with Crippen LogP contribution in [-0.2, 0) is 14.9 Å². The Bertz CT molecular complexity index is 454. The summed E-state index contributed by atoms with van der Waals surface area (Å²) in [6, 6.07) is 0. The summed E-state index contributed by atoms with van der Waals surface area (Å²) >= 11 is 0. The van der Waals surface area contributed by atoms with Gasteiger partial charge in [0.05, 0.1) is 29.7 Å². The van der Waals surface area contributed by atoms with Gasteiger partial charge in [0.1, 0.15) is 6.10 Å². The average Bonchev–Trinajstić information content (AvgIpc) is 2.84. The van der Waals surface area contributed by atoms with E-state index < -0.39 is 11.2 Å². The molecular weight excluding hydrogens is 216 g/mol. The quantitative estimate of drug-likeness (QED) is 0.797. The second-order valence-corrected chi connectivity index (χ2v) is 5.25. The lowest BCUT2D eigenvalue weighted by atomic mass is 9.88. The molecule has 2 heterocycles. The molecule has 0 aliphatic carbocycles. The van der Waals surface area contributed by atoms with Gasteiger partial charge >= 0.3 is 0 Å². The van der Waals surface area contributed by atoms with Gasteiger partial charge in [0.2, 0.25) is 0 Å². The minimum Gasteiger partial charge on any atom is -0.347 e. The number of aromatic nitrogens is 2. The fraction of sp³-hybridized carbons (Fsp3) is 0.615. The Labute approximate surface area is 102 Å². The molecule has 0 aromatic carbocycles. The van der Waals surface area contributed by atoms with Gasteiger partial charge in [-0.1, -0.05) is 5.92 Å². The minimum absolute atomic E-state index is 0.130. The van der Waals surface area contributed by atoms with E-state index in [0.717, 1.165) is 11.4 Å². The summed E-state index contributed by atoms with van der Waals surface area (Å²) in [7, 11) is 0. The molecule has 1 aliphatic heterocycles. The minimum atomic E-state index is -0.548. The Morgan fingerprint density at radius 2 is 2.29 bits per heavy atom. The number of imidazole rings is 1. The molecule has 4 nitrogen and oxygen atoms in total. The molecule has 1 N–H and O–H groups in total. The van der Waals surface area contributed by atoms with E-state index in [0.29, 0.717) is 6.61 Å². The Balaban J connectivity index is 2.30. The number of rotatable bonds is 2. The van der Waals surface area contributed by atoms with Crippen LogP contribution in [0.4, 0.5) is 0 Å². The third kappa shape index (κ3) is 2.21. The topological polar surface area (TPSA) is 47.1 Å². The van der Waals surface area contributed by atoms with Crippen LogP contribution in [0, 0.1) is 12.3 Å². The molecule has 0 saturated carbocycles. The predicted molar refractivity (Wildman–Crippen MR) is 64.3 cm³/mol. The Hall–Kier alpha value is -1.31. The maximum absolute atomic E-state index is 5.81. The van der Waals surface area contributed by atoms with E-state index in [4.69, 9.17) is 15.9 Å². The predicted octanol–water partition coefficient (Wildman–Crippen LogP) is 2.14. The number of hydrogen-bond donors (Lipinski definition) is 1. The van der Waals surface area contributed by atoms with E-state index in [1.807, 2.05) is 27.7 Å². The van der Waals surface area contributed by atoms with Crippen LogP contribution in [0.25, 0.3) is 0 Å². The van der Waals surface area contributed by atoms with Crippen LogP contribution >= 0.6 is 0 Å². The fourth-order valence-electron chi connectivity index (χ4n) is 1.95. The zero-order valence-corrected chi connectivity index (χ0v) is 10.7. The van der Waals surface area contributed by atoms with Crippen molar-refractivity contribution in [3.8, 4) is 12.3 Å². The maximum Gasteiger partial charge on any atom is 0.163 e. The first-order chi connectivity index (χ1) is 7.86. The Morgan fingerprint density at radius 1 is 1.59 bits per heavy atom. The molecule has 0 radical (unpaired) electrons. The normalized spacial score (nSPS) is 23.6. The first kappa shape index (κ1) is 12.2. The second kappa shape index (κ2) is 3.86. The third-order valence-corrected chi connectivity index (χ3v) is 2.95. The van der Waals surface area contributed by atoms with Crippen molar-refractivity contribution < 1.29 is 9.47 Å². The molecule has 1 saturated heterocycles. The van der Waals surface area contributed by atoms with Crippen molar-refractivity contribution in [3.05, 3.63) is 17.7 Å². The van der Waals surface area contributed by atoms with Crippen LogP contribution < -0.4 is 0 Å². The highest BCUT2D eigenvalue weighted by Gasteiger charge is 2.37. The van der Waals surface area contributed by atoms with Gasteiger partial charge in [-0.25, -0.2) is 4.98 Å². The van der Waals surface area contributed by atoms with Crippen molar-refractivity contribution in [1.82, 2.24) is 9.97 Å². The molecule has 1 atom stereocenters. The van der Waals surface area contributed by atoms with Crippen LogP contribution in [0.1, 0.15) is 45.2 Å². The highest BCUT2D eigenvalue weighted by molar-refractivity contribution is 5.31. The first-order valence-electron chi connectivity index (χ1n) is 5.69. The molecule has 17 heavy (non-hydrogen) atoms. The molecule has 2 rings (SSSR count). The second-order valence-electron chi connectivity index (χ2n) is 5.25. The summed E-state index contributed by atoms with van der Waals surface area (Å²) in [5.74, 6) is 2.20. The lowest BCUT2D eigenvalue weighted by molar-refractivity contribution is -0.139. The Morgan fingerprint density at radius 3 is 2.82 bits per heavy atom. The van der Waals surface area contributed by atoms with Crippen molar-refractivity contribution in [3.63, 3.8) is 0 Å². The zero-order chi connectivity index (χ0) is 12.7. The van der Waals surface area contributed by atoms with E-state index in [9.17, 15) is 0 Å². The molecule has 0 amide bonds. The maximum atomic E-state index is 5.81. The van der Waals surface area contributed by atoms with E-state index in [2.05, 4.69) is 15.9 Å². The van der Waals surface area contributed by atoms with Gasteiger partial charge in [-0.2, -0.15) is 0 Å². The highest BCUT2D eigenvalue weighted by atomic mass is 16.7. The molecule has 0 bridgehead atoms. The first-order valence-corrected chi connectivity index (χ1v) is 5.69. The lowest BCUT2D eigenvalue weighted by Gasteiger charge is -2.20. The summed E-state index contributed by atoms with van der Waals surface area (Å²) in [6.07, 6.45) is 7.06. The highest BCUT2D eigenvalue weighted by Crippen LogP contribution is 2.36. The fourth-order valence-corrected chi connectivity index (χ4v) is 1.95. The van der Waals surface area contributed by atoms with Gasteiger partial charge in [-0.05, 0) is 27.7 Å². The van der Waals surface area contributed by atoms with Gasteiger partial charge < -0.3 is 14.5 Å². The average molecular weight is 234 g/mol. The van der Waals surface area contributed by atoms with E-state index >= 15 is 0 Å². The van der Waals surface area contributed by atoms with Crippen molar-refractivity contribution in [2.45, 2.75) is 45.0 Å². The number of nitrogens with zero attached hydrogens (tertiary/aromatic N) is 1. The number of terminal acetylenes is 1. The summed E-state index contributed by atoms with van der Waals surface area (Å²) in [5.41, 5.74) is 1.36. The van der Waals surface area contributed by atoms with Crippen molar-refractivity contribution in [2.75, 3.05) is 6.61 Å². The molecule has 4 heteroatoms. The smallest absolute Gasteiger partial charge is 0.163 e. The molecule has 1 aromatic rings. The van der Waals surface area contributed by atoms with Crippen molar-refractivity contribution in [1.29, 1.82) is 0 Å². The molecule has 1 unspecified atom stereocenters. The summed E-state index contributed by atoms with van der Waals surface area (Å²) in [5, 5.41) is 0. The molecule has 1 aliphatic rings. The number of H-pyrrole nitrogens is 1. The van der Waals surface area contributed by atoms with Crippen LogP contribution in [0.2, 0.25) is 0 Å². The molecule has 92 valence electrons. The summed E-state index contributed by atoms with van der Waals surface area (Å²) < 4.78 is 11.4. The molecule has 1 fully saturated rings. The monoisotopic (exact) mass is 234 g/mol. The largest absolute Gasteiger partial charge is 0.347 e. The van der Waals surface area contributed by atoms with Gasteiger partial charge in [0.25, 0.3) is 0 Å². The number of nitrogens with one attached hydrogen (secondary N) is 1. The molecule has 1 aromatic heterocycles. The Kier molecular flexibility index (Phi) is 2.76. The number of hydrogen-bond acceptors (Lipinski definition) is 3. The van der Waals surface area contributed by atoms with E-state index in [-0.39, 0.29) is 6.10 Å². The third-order valence-electron chi connectivity index (χ3n) is 2.95. The molecular formula is C13H18N2O2. The van der Waals surface area contributed by atoms with E-state index in [1.165, 1.54) is 0 Å². The van der Waals surface area contributed by atoms with Crippen LogP contribution in [0.3, 0.4) is 0 Å². The van der Waals surface area contributed by atoms with Gasteiger partial charge in [-0.15, -0.1) is 6.42 Å². The lowest BCUT2D eigenvalue weighted by Crippen LogP contribution is -2.21. The van der Waals surface area contributed by atoms with Crippen LogP contribution in [0.15, 0.2) is 6.33 Å². The van der Waals surface area contributed by atoms with Crippen molar-refractivity contribution >= 4 is 0 Å². The molecule has 0 spiro atoms. The summed E-state index contributed by atoms with van der Waals surface area (Å²) in [6.45, 7) is 8.24. The summed E-state index contributed by atoms with van der Waals surface area (Å²) in [4.78, 5) is 7.43. The number of ether oxygens (including phenoxy) is 2. The van der Waals surface area contributed by atoms with E-state index in [1.54, 1.807) is 6.33 Å². The number of aromatic amines is 1. The van der Waals surface area contributed by atoms with Crippen LogP contribution in [-0.4, -0.2) is 22.4 Å². The van der Waals surface area contributed by atoms with Crippen LogP contribution in [0.5, 0.6) is 0 Å². The van der Waals surface area contributed by atoms with Gasteiger partial charge in [0.15, 0.2) is 5.79 Å². The SMILES string of the molecule is C#CC(C)(C)c1nc[nH]c1C1COC(C)(C)O1.